The molecule has 0 aliphatic carbocycles. The molecule has 12 nitrogen and oxygen atoms in total. The molecule has 0 saturated heterocycles. The number of benzene rings is 2. The number of carbonyl (C=O) groups excluding carboxylic acids is 3. The first kappa shape index (κ1) is 28.7. The van der Waals surface area contributed by atoms with Crippen LogP contribution in [0.3, 0.4) is 0 Å². The number of methoxy groups -OCH3 is 1. The first-order valence-corrected chi connectivity index (χ1v) is 13.1. The maximum absolute atomic E-state index is 13.0. The second-order valence-corrected chi connectivity index (χ2v) is 9.47. The van der Waals surface area contributed by atoms with Gasteiger partial charge in [-0.05, 0) is 44.3 Å². The number of hydrogen-bond acceptors (Lipinski definition) is 8. The molecule has 2 heterocycles. The molecule has 0 saturated carbocycles. The fraction of sp³-hybridized carbons (Fsp3) is 0.333. The van der Waals surface area contributed by atoms with Crippen LogP contribution >= 0.6 is 11.6 Å². The SMILES string of the molecule is CNCCNC(=O)CNC(=O)CNC(=O)CC1N=C(c2ccc(Cl)cc2)c2cc(OC)ccc2-n2c(C)nnc21. The van der Waals surface area contributed by atoms with Crippen molar-refractivity contribution in [2.45, 2.75) is 19.4 Å². The number of halogens is 1. The molecule has 210 valence electrons. The Kier molecular flexibility index (Phi) is 9.46. The minimum absolute atomic E-state index is 0.0852. The number of amides is 3. The van der Waals surface area contributed by atoms with Gasteiger partial charge in [-0.1, -0.05) is 23.7 Å². The molecule has 13 heteroatoms. The van der Waals surface area contributed by atoms with E-state index in [1.165, 1.54) is 0 Å². The van der Waals surface area contributed by atoms with Gasteiger partial charge in [0, 0.05) is 29.2 Å². The third kappa shape index (κ3) is 6.82. The highest BCUT2D eigenvalue weighted by molar-refractivity contribution is 6.30. The van der Waals surface area contributed by atoms with Gasteiger partial charge in [-0.2, -0.15) is 0 Å². The lowest BCUT2D eigenvalue weighted by Crippen LogP contribution is -2.43. The molecule has 0 radical (unpaired) electrons. The molecule has 2 aromatic carbocycles. The summed E-state index contributed by atoms with van der Waals surface area (Å²) in [5.74, 6) is 0.557. The Balaban J connectivity index is 1.55. The molecule has 1 atom stereocenters. The standard InChI is InChI=1S/C27H31ClN8O4/c1-16-34-35-27-21(13-23(37)31-15-25(39)32-14-24(38)30-11-10-29-2)33-26(17-4-6-18(28)7-5-17)20-12-19(40-3)8-9-22(20)36(16)27/h4-9,12,21,29H,10-11,13-15H2,1-3H3,(H,30,38)(H,31,37)(H,32,39). The number of aromatic nitrogens is 3. The Morgan fingerprint density at radius 1 is 0.950 bits per heavy atom. The molecule has 40 heavy (non-hydrogen) atoms. The minimum atomic E-state index is -0.703. The van der Waals surface area contributed by atoms with E-state index in [0.717, 1.165) is 16.8 Å². The number of aryl methyl sites for hydroxylation is 1. The minimum Gasteiger partial charge on any atom is -0.497 e. The van der Waals surface area contributed by atoms with E-state index >= 15 is 0 Å². The Hall–Kier alpha value is -4.29. The third-order valence-corrected chi connectivity index (χ3v) is 6.47. The zero-order valence-electron chi connectivity index (χ0n) is 22.5. The van der Waals surface area contributed by atoms with Gasteiger partial charge in [-0.25, -0.2) is 0 Å². The Labute approximate surface area is 236 Å². The van der Waals surface area contributed by atoms with Crippen molar-refractivity contribution in [1.29, 1.82) is 0 Å². The van der Waals surface area contributed by atoms with Crippen molar-refractivity contribution in [3.05, 3.63) is 70.3 Å². The van der Waals surface area contributed by atoms with Crippen molar-refractivity contribution in [1.82, 2.24) is 36.0 Å². The van der Waals surface area contributed by atoms with Gasteiger partial charge in [-0.15, -0.1) is 10.2 Å². The Bertz CT molecular complexity index is 1420. The normalized spacial score (nSPS) is 13.8. The highest BCUT2D eigenvalue weighted by atomic mass is 35.5. The number of hydrogen-bond donors (Lipinski definition) is 4. The maximum atomic E-state index is 13.0. The topological polar surface area (TPSA) is 152 Å². The van der Waals surface area contributed by atoms with Gasteiger partial charge in [0.1, 0.15) is 17.6 Å². The number of likely N-dealkylation sites (N-methyl/N-ethyl adjacent to an activating group) is 1. The van der Waals surface area contributed by atoms with Crippen LogP contribution in [-0.4, -0.2) is 78.5 Å². The predicted octanol–water partition coefficient (Wildman–Crippen LogP) is 1.09. The van der Waals surface area contributed by atoms with E-state index in [9.17, 15) is 14.4 Å². The number of ether oxygens (including phenoxy) is 1. The highest BCUT2D eigenvalue weighted by Crippen LogP contribution is 2.34. The van der Waals surface area contributed by atoms with E-state index in [0.29, 0.717) is 41.2 Å². The van der Waals surface area contributed by atoms with Crippen LogP contribution in [0.25, 0.3) is 5.69 Å². The van der Waals surface area contributed by atoms with Crippen molar-refractivity contribution in [2.75, 3.05) is 40.3 Å². The second kappa shape index (κ2) is 13.2. The summed E-state index contributed by atoms with van der Waals surface area (Å²) in [6.45, 7) is 2.42. The van der Waals surface area contributed by atoms with Crippen LogP contribution in [0.5, 0.6) is 5.75 Å². The molecule has 3 aromatic rings. The summed E-state index contributed by atoms with van der Waals surface area (Å²) < 4.78 is 7.36. The van der Waals surface area contributed by atoms with Gasteiger partial charge in [0.25, 0.3) is 0 Å². The summed E-state index contributed by atoms with van der Waals surface area (Å²) in [7, 11) is 3.36. The average molecular weight is 567 g/mol. The smallest absolute Gasteiger partial charge is 0.239 e. The number of nitrogens with one attached hydrogen (secondary N) is 4. The molecular weight excluding hydrogens is 536 g/mol. The lowest BCUT2D eigenvalue weighted by Gasteiger charge is -2.14. The van der Waals surface area contributed by atoms with Crippen molar-refractivity contribution < 1.29 is 19.1 Å². The van der Waals surface area contributed by atoms with E-state index in [4.69, 9.17) is 21.3 Å². The van der Waals surface area contributed by atoms with Crippen molar-refractivity contribution in [3.63, 3.8) is 0 Å². The Morgan fingerprint density at radius 3 is 2.35 bits per heavy atom. The van der Waals surface area contributed by atoms with E-state index < -0.39 is 17.9 Å². The molecule has 1 aliphatic heterocycles. The second-order valence-electron chi connectivity index (χ2n) is 9.04. The van der Waals surface area contributed by atoms with Gasteiger partial charge in [-0.3, -0.25) is 23.9 Å². The van der Waals surface area contributed by atoms with Gasteiger partial charge < -0.3 is 26.0 Å². The van der Waals surface area contributed by atoms with E-state index in [1.54, 1.807) is 26.3 Å². The fourth-order valence-electron chi connectivity index (χ4n) is 4.23. The van der Waals surface area contributed by atoms with Crippen LogP contribution < -0.4 is 26.0 Å². The summed E-state index contributed by atoms with van der Waals surface area (Å²) in [4.78, 5) is 42.0. The van der Waals surface area contributed by atoms with E-state index in [1.807, 2.05) is 41.8 Å². The van der Waals surface area contributed by atoms with Gasteiger partial charge >= 0.3 is 0 Å². The highest BCUT2D eigenvalue weighted by Gasteiger charge is 2.30. The molecule has 4 rings (SSSR count). The summed E-state index contributed by atoms with van der Waals surface area (Å²) in [6.07, 6.45) is -0.0852. The summed E-state index contributed by atoms with van der Waals surface area (Å²) in [6, 6.07) is 12.2. The van der Waals surface area contributed by atoms with Crippen molar-refractivity contribution in [2.24, 2.45) is 4.99 Å². The van der Waals surface area contributed by atoms with E-state index in [-0.39, 0.29) is 25.4 Å². The van der Waals surface area contributed by atoms with E-state index in [2.05, 4.69) is 31.5 Å². The number of fused-ring (bicyclic) bond motifs is 3. The van der Waals surface area contributed by atoms with Crippen molar-refractivity contribution >= 4 is 35.0 Å². The first-order chi connectivity index (χ1) is 19.3. The lowest BCUT2D eigenvalue weighted by molar-refractivity contribution is -0.127. The number of carbonyl (C=O) groups is 3. The van der Waals surface area contributed by atoms with Gasteiger partial charge in [0.2, 0.25) is 17.7 Å². The molecular formula is C27H31ClN8O4. The maximum Gasteiger partial charge on any atom is 0.239 e. The number of nitrogens with zero attached hydrogens (tertiary/aromatic N) is 4. The molecule has 1 unspecified atom stereocenters. The van der Waals surface area contributed by atoms with Crippen LogP contribution in [0.1, 0.15) is 35.2 Å². The largest absolute Gasteiger partial charge is 0.497 e. The quantitative estimate of drug-likeness (QED) is 0.254. The predicted molar refractivity (Wildman–Crippen MR) is 150 cm³/mol. The number of aliphatic imine (C=N–C) groups is 1. The monoisotopic (exact) mass is 566 g/mol. The Morgan fingerprint density at radius 2 is 1.65 bits per heavy atom. The summed E-state index contributed by atoms with van der Waals surface area (Å²) >= 11 is 6.14. The molecule has 0 spiro atoms. The van der Waals surface area contributed by atoms with Crippen LogP contribution in [0.15, 0.2) is 47.5 Å². The summed E-state index contributed by atoms with van der Waals surface area (Å²) in [5, 5.41) is 19.9. The van der Waals surface area contributed by atoms with Gasteiger partial charge in [0.15, 0.2) is 5.82 Å². The van der Waals surface area contributed by atoms with Crippen molar-refractivity contribution in [3.8, 4) is 11.4 Å². The molecule has 1 aromatic heterocycles. The lowest BCUT2D eigenvalue weighted by atomic mass is 10.00. The molecule has 0 fully saturated rings. The van der Waals surface area contributed by atoms with Gasteiger partial charge in [0.05, 0.1) is 38.0 Å². The average Bonchev–Trinajstić information content (AvgIpc) is 3.28. The first-order valence-electron chi connectivity index (χ1n) is 12.7. The summed E-state index contributed by atoms with van der Waals surface area (Å²) in [5.41, 5.74) is 3.01. The van der Waals surface area contributed by atoms with Crippen LogP contribution in [0.2, 0.25) is 5.02 Å². The van der Waals surface area contributed by atoms with Crippen LogP contribution in [0, 0.1) is 6.92 Å². The number of rotatable bonds is 11. The zero-order valence-corrected chi connectivity index (χ0v) is 23.2. The van der Waals surface area contributed by atoms with Crippen LogP contribution in [0.4, 0.5) is 0 Å². The molecule has 3 amide bonds. The fourth-order valence-corrected chi connectivity index (χ4v) is 4.36. The molecule has 1 aliphatic rings. The van der Waals surface area contributed by atoms with Crippen LogP contribution in [-0.2, 0) is 14.4 Å². The zero-order chi connectivity index (χ0) is 28.6. The third-order valence-electron chi connectivity index (χ3n) is 6.22. The molecule has 0 bridgehead atoms. The molecule has 4 N–H and O–H groups in total.